The quantitative estimate of drug-likeness (QED) is 0.668. The third-order valence-corrected chi connectivity index (χ3v) is 3.11. The first-order valence-corrected chi connectivity index (χ1v) is 6.58. The summed E-state index contributed by atoms with van der Waals surface area (Å²) in [5.74, 6) is 7.27. The van der Waals surface area contributed by atoms with Gasteiger partial charge in [-0.1, -0.05) is 6.07 Å². The van der Waals surface area contributed by atoms with Gasteiger partial charge in [0.25, 0.3) is 0 Å². The van der Waals surface area contributed by atoms with Crippen LogP contribution in [-0.2, 0) is 6.61 Å². The van der Waals surface area contributed by atoms with Gasteiger partial charge in [-0.3, -0.25) is 0 Å². The van der Waals surface area contributed by atoms with Crippen molar-refractivity contribution in [1.82, 2.24) is 9.97 Å². The van der Waals surface area contributed by atoms with E-state index < -0.39 is 0 Å². The number of hydrogen-bond donors (Lipinski definition) is 2. The molecule has 100 valence electrons. The van der Waals surface area contributed by atoms with E-state index >= 15 is 0 Å². The fourth-order valence-electron chi connectivity index (χ4n) is 1.63. The summed E-state index contributed by atoms with van der Waals surface area (Å²) >= 11 is 3.47. The molecular formula is C13H15BrN4O. The van der Waals surface area contributed by atoms with E-state index in [1.165, 1.54) is 5.56 Å². The van der Waals surface area contributed by atoms with Gasteiger partial charge in [-0.05, 0) is 47.5 Å². The molecule has 0 saturated carbocycles. The molecule has 0 bridgehead atoms. The van der Waals surface area contributed by atoms with E-state index in [2.05, 4.69) is 31.3 Å². The Labute approximate surface area is 120 Å². The van der Waals surface area contributed by atoms with Gasteiger partial charge in [0.05, 0.1) is 4.47 Å². The molecule has 0 unspecified atom stereocenters. The van der Waals surface area contributed by atoms with E-state index in [1.54, 1.807) is 6.07 Å². The lowest BCUT2D eigenvalue weighted by atomic mass is 10.2. The molecule has 5 nitrogen and oxygen atoms in total. The van der Waals surface area contributed by atoms with E-state index in [0.29, 0.717) is 11.6 Å². The zero-order valence-electron chi connectivity index (χ0n) is 10.8. The number of anilines is 1. The maximum absolute atomic E-state index is 5.69. The molecule has 1 heterocycles. The summed E-state index contributed by atoms with van der Waals surface area (Å²) in [5.41, 5.74) is 4.51. The molecule has 0 radical (unpaired) electrons. The maximum atomic E-state index is 5.69. The largest absolute Gasteiger partial charge is 0.484 e. The van der Waals surface area contributed by atoms with Crippen LogP contribution in [0.15, 0.2) is 28.7 Å². The van der Waals surface area contributed by atoms with Gasteiger partial charge >= 0.3 is 0 Å². The number of halogens is 1. The minimum absolute atomic E-state index is 0.290. The molecule has 0 aliphatic carbocycles. The summed E-state index contributed by atoms with van der Waals surface area (Å²) in [4.78, 5) is 8.52. The normalized spacial score (nSPS) is 10.3. The van der Waals surface area contributed by atoms with Crippen molar-refractivity contribution < 1.29 is 4.74 Å². The number of nitrogens with one attached hydrogen (secondary N) is 1. The van der Waals surface area contributed by atoms with Crippen molar-refractivity contribution in [1.29, 1.82) is 0 Å². The molecule has 1 aromatic carbocycles. The van der Waals surface area contributed by atoms with Gasteiger partial charge in [0.2, 0.25) is 0 Å². The molecule has 2 aromatic rings. The van der Waals surface area contributed by atoms with Crippen LogP contribution >= 0.6 is 15.9 Å². The fourth-order valence-corrected chi connectivity index (χ4v) is 2.24. The van der Waals surface area contributed by atoms with Gasteiger partial charge < -0.3 is 10.2 Å². The van der Waals surface area contributed by atoms with E-state index in [4.69, 9.17) is 10.6 Å². The minimum atomic E-state index is 0.290. The lowest BCUT2D eigenvalue weighted by Crippen LogP contribution is -2.12. The Morgan fingerprint density at radius 2 is 2.05 bits per heavy atom. The van der Waals surface area contributed by atoms with Crippen LogP contribution in [0, 0.1) is 13.8 Å². The average Bonchev–Trinajstić information content (AvgIpc) is 2.37. The Morgan fingerprint density at radius 1 is 1.26 bits per heavy atom. The van der Waals surface area contributed by atoms with Gasteiger partial charge in [-0.25, -0.2) is 15.8 Å². The Balaban J connectivity index is 2.12. The van der Waals surface area contributed by atoms with E-state index in [0.717, 1.165) is 15.9 Å². The molecule has 19 heavy (non-hydrogen) atoms. The van der Waals surface area contributed by atoms with Crippen LogP contribution in [0.25, 0.3) is 0 Å². The molecule has 1 aromatic heterocycles. The van der Waals surface area contributed by atoms with E-state index in [1.807, 2.05) is 32.0 Å². The lowest BCUT2D eigenvalue weighted by molar-refractivity contribution is 0.294. The predicted molar refractivity (Wildman–Crippen MR) is 77.8 cm³/mol. The zero-order valence-corrected chi connectivity index (χ0v) is 12.4. The smallest absolute Gasteiger partial charge is 0.168 e. The maximum Gasteiger partial charge on any atom is 0.168 e. The molecule has 0 amide bonds. The van der Waals surface area contributed by atoms with Crippen LogP contribution < -0.4 is 16.0 Å². The molecule has 2 rings (SSSR count). The molecule has 0 saturated heterocycles. The first-order valence-electron chi connectivity index (χ1n) is 5.78. The van der Waals surface area contributed by atoms with Crippen molar-refractivity contribution in [2.45, 2.75) is 20.5 Å². The van der Waals surface area contributed by atoms with Crippen molar-refractivity contribution in [3.05, 3.63) is 45.8 Å². The molecule has 3 N–H and O–H groups in total. The monoisotopic (exact) mass is 322 g/mol. The lowest BCUT2D eigenvalue weighted by Gasteiger charge is -2.09. The summed E-state index contributed by atoms with van der Waals surface area (Å²) in [7, 11) is 0. The SMILES string of the molecule is Cc1ccc(OCc2nc(C)cc(NN)n2)c(Br)c1. The highest BCUT2D eigenvalue weighted by atomic mass is 79.9. The van der Waals surface area contributed by atoms with Crippen LogP contribution in [0.1, 0.15) is 17.1 Å². The summed E-state index contributed by atoms with van der Waals surface area (Å²) in [5, 5.41) is 0. The van der Waals surface area contributed by atoms with Crippen molar-refractivity contribution in [3.8, 4) is 5.75 Å². The summed E-state index contributed by atoms with van der Waals surface area (Å²) in [6, 6.07) is 7.67. The number of nitrogens with zero attached hydrogens (tertiary/aromatic N) is 2. The average molecular weight is 323 g/mol. The highest BCUT2D eigenvalue weighted by molar-refractivity contribution is 9.10. The van der Waals surface area contributed by atoms with Crippen molar-refractivity contribution in [2.24, 2.45) is 5.84 Å². The number of aromatic nitrogens is 2. The van der Waals surface area contributed by atoms with Crippen molar-refractivity contribution in [2.75, 3.05) is 5.43 Å². The molecular weight excluding hydrogens is 308 g/mol. The van der Waals surface area contributed by atoms with Crippen molar-refractivity contribution in [3.63, 3.8) is 0 Å². The van der Waals surface area contributed by atoms with Gasteiger partial charge in [0, 0.05) is 11.8 Å². The number of nitrogens with two attached hydrogens (primary N) is 1. The summed E-state index contributed by atoms with van der Waals surface area (Å²) in [6.07, 6.45) is 0. The van der Waals surface area contributed by atoms with E-state index in [-0.39, 0.29) is 6.61 Å². The second kappa shape index (κ2) is 5.99. The second-order valence-electron chi connectivity index (χ2n) is 4.18. The standard InChI is InChI=1S/C13H15BrN4O/c1-8-3-4-11(10(14)5-8)19-7-13-16-9(2)6-12(17-13)18-15/h3-6H,7,15H2,1-2H3,(H,16,17,18). The van der Waals surface area contributed by atoms with Gasteiger partial charge in [-0.2, -0.15) is 0 Å². The van der Waals surface area contributed by atoms with E-state index in [9.17, 15) is 0 Å². The number of benzene rings is 1. The number of hydrogen-bond acceptors (Lipinski definition) is 5. The molecule has 0 fully saturated rings. The Bertz CT molecular complexity index is 589. The Morgan fingerprint density at radius 3 is 2.74 bits per heavy atom. The first-order chi connectivity index (χ1) is 9.08. The van der Waals surface area contributed by atoms with Crippen LogP contribution in [0.2, 0.25) is 0 Å². The third-order valence-electron chi connectivity index (χ3n) is 2.49. The number of nitrogen functional groups attached to an aromatic ring is 1. The number of rotatable bonds is 4. The van der Waals surface area contributed by atoms with Gasteiger partial charge in [0.15, 0.2) is 5.82 Å². The highest BCUT2D eigenvalue weighted by Crippen LogP contribution is 2.26. The van der Waals surface area contributed by atoms with Gasteiger partial charge in [0.1, 0.15) is 18.2 Å². The van der Waals surface area contributed by atoms with Crippen LogP contribution in [0.3, 0.4) is 0 Å². The molecule has 0 aliphatic rings. The third kappa shape index (κ3) is 3.65. The first kappa shape index (κ1) is 13.8. The number of hydrazine groups is 1. The van der Waals surface area contributed by atoms with Crippen LogP contribution in [0.5, 0.6) is 5.75 Å². The zero-order chi connectivity index (χ0) is 13.8. The van der Waals surface area contributed by atoms with Crippen LogP contribution in [0.4, 0.5) is 5.82 Å². The Kier molecular flexibility index (Phi) is 4.34. The fraction of sp³-hybridized carbons (Fsp3) is 0.231. The minimum Gasteiger partial charge on any atom is -0.484 e. The van der Waals surface area contributed by atoms with Gasteiger partial charge in [-0.15, -0.1) is 0 Å². The second-order valence-corrected chi connectivity index (χ2v) is 5.03. The molecule has 0 atom stereocenters. The predicted octanol–water partition coefficient (Wildman–Crippen LogP) is 2.72. The molecule has 0 spiro atoms. The molecule has 0 aliphatic heterocycles. The Hall–Kier alpha value is -1.66. The number of aryl methyl sites for hydroxylation is 2. The summed E-state index contributed by atoms with van der Waals surface area (Å²) in [6.45, 7) is 4.20. The molecule has 6 heteroatoms. The van der Waals surface area contributed by atoms with Crippen LogP contribution in [-0.4, -0.2) is 9.97 Å². The highest BCUT2D eigenvalue weighted by Gasteiger charge is 2.05. The summed E-state index contributed by atoms with van der Waals surface area (Å²) < 4.78 is 6.61. The number of ether oxygens (including phenoxy) is 1. The van der Waals surface area contributed by atoms with Crippen molar-refractivity contribution >= 4 is 21.7 Å². The topological polar surface area (TPSA) is 73.1 Å².